The van der Waals surface area contributed by atoms with E-state index in [0.717, 1.165) is 0 Å². The molecular weight excluding hydrogens is 514 g/mol. The number of rotatable bonds is 15. The molecule has 12 nitrogen and oxygen atoms in total. The van der Waals surface area contributed by atoms with Crippen LogP contribution in [0, 0.1) is 17.8 Å². The largest absolute Gasteiger partial charge is 0.513 e. The summed E-state index contributed by atoms with van der Waals surface area (Å²) >= 11 is 0. The minimum Gasteiger partial charge on any atom is -0.468 e. The van der Waals surface area contributed by atoms with Crippen LogP contribution in [0.25, 0.3) is 0 Å². The highest BCUT2D eigenvalue weighted by Crippen LogP contribution is 2.30. The summed E-state index contributed by atoms with van der Waals surface area (Å²) in [5.74, 6) is -0.367. The Morgan fingerprint density at radius 1 is 0.718 bits per heavy atom. The lowest BCUT2D eigenvalue weighted by molar-refractivity contribution is -0.143. The van der Waals surface area contributed by atoms with E-state index in [9.17, 15) is 19.2 Å². The fourth-order valence-corrected chi connectivity index (χ4v) is 2.81. The van der Waals surface area contributed by atoms with Crippen LogP contribution in [0.5, 0.6) is 11.5 Å². The van der Waals surface area contributed by atoms with Crippen LogP contribution in [0.1, 0.15) is 47.1 Å². The summed E-state index contributed by atoms with van der Waals surface area (Å²) in [5.41, 5.74) is 0.546. The third-order valence-corrected chi connectivity index (χ3v) is 4.64. The van der Waals surface area contributed by atoms with Crippen LogP contribution in [-0.4, -0.2) is 70.6 Å². The number of methoxy groups -OCH3 is 1. The second-order valence-corrected chi connectivity index (χ2v) is 9.93. The van der Waals surface area contributed by atoms with Crippen molar-refractivity contribution in [3.63, 3.8) is 0 Å². The minimum atomic E-state index is -0.981. The van der Waals surface area contributed by atoms with Crippen LogP contribution < -0.4 is 14.8 Å². The molecule has 0 amide bonds. The lowest BCUT2D eigenvalue weighted by Crippen LogP contribution is -2.41. The molecule has 0 aliphatic carbocycles. The van der Waals surface area contributed by atoms with Gasteiger partial charge in [0.2, 0.25) is 0 Å². The molecule has 220 valence electrons. The number of carbonyl (C=O) groups is 4. The number of hydrogen-bond donors (Lipinski definition) is 1. The lowest BCUT2D eigenvalue weighted by atomic mass is 10.1. The molecule has 1 atom stereocenters. The number of carbonyl (C=O) groups excluding carboxylic acids is 4. The van der Waals surface area contributed by atoms with E-state index in [0.29, 0.717) is 5.56 Å². The third kappa shape index (κ3) is 14.8. The summed E-state index contributed by atoms with van der Waals surface area (Å²) in [5, 5.41) is 2.96. The van der Waals surface area contributed by atoms with Gasteiger partial charge in [0.05, 0.1) is 26.9 Å². The maximum absolute atomic E-state index is 12.4. The molecule has 1 N–H and O–H groups in total. The molecule has 39 heavy (non-hydrogen) atoms. The Morgan fingerprint density at radius 3 is 1.74 bits per heavy atom. The number of ether oxygens (including phenoxy) is 7. The summed E-state index contributed by atoms with van der Waals surface area (Å²) in [6.45, 7) is 11.9. The van der Waals surface area contributed by atoms with Gasteiger partial charge in [0.15, 0.2) is 11.5 Å². The molecule has 1 aromatic carbocycles. The number of hydrogen-bond acceptors (Lipinski definition) is 12. The van der Waals surface area contributed by atoms with Crippen LogP contribution in [0.3, 0.4) is 0 Å². The first-order chi connectivity index (χ1) is 18.4. The van der Waals surface area contributed by atoms with Gasteiger partial charge >= 0.3 is 24.4 Å². The first-order valence-electron chi connectivity index (χ1n) is 12.8. The third-order valence-electron chi connectivity index (χ3n) is 4.64. The van der Waals surface area contributed by atoms with E-state index < -0.39 is 30.5 Å². The Hall–Kier alpha value is -3.54. The van der Waals surface area contributed by atoms with Crippen molar-refractivity contribution in [2.45, 2.75) is 54.0 Å². The maximum atomic E-state index is 12.4. The van der Waals surface area contributed by atoms with Gasteiger partial charge in [-0.25, -0.2) is 14.4 Å². The average Bonchev–Trinajstić information content (AvgIpc) is 2.87. The molecule has 0 aliphatic heterocycles. The molecule has 0 spiro atoms. The molecule has 0 unspecified atom stereocenters. The molecule has 0 saturated heterocycles. The Labute approximate surface area is 229 Å². The predicted molar refractivity (Wildman–Crippen MR) is 140 cm³/mol. The molecule has 12 heteroatoms. The van der Waals surface area contributed by atoms with Crippen LogP contribution in [0.2, 0.25) is 0 Å². The summed E-state index contributed by atoms with van der Waals surface area (Å²) in [4.78, 5) is 48.3. The van der Waals surface area contributed by atoms with Crippen molar-refractivity contribution in [1.29, 1.82) is 0 Å². The average molecular weight is 556 g/mol. The molecular formula is C27H41NO11. The van der Waals surface area contributed by atoms with E-state index in [1.807, 2.05) is 41.5 Å². The predicted octanol–water partition coefficient (Wildman–Crippen LogP) is 4.51. The molecule has 0 heterocycles. The van der Waals surface area contributed by atoms with Gasteiger partial charge < -0.3 is 38.5 Å². The zero-order valence-corrected chi connectivity index (χ0v) is 23.8. The normalized spacial score (nSPS) is 11.6. The van der Waals surface area contributed by atoms with Crippen LogP contribution in [-0.2, 0) is 34.9 Å². The Bertz CT molecular complexity index is 930. The van der Waals surface area contributed by atoms with Crippen LogP contribution >= 0.6 is 0 Å². The molecule has 0 aliphatic rings. The summed E-state index contributed by atoms with van der Waals surface area (Å²) in [7, 11) is 1.25. The Morgan fingerprint density at radius 2 is 1.23 bits per heavy atom. The fourth-order valence-electron chi connectivity index (χ4n) is 2.81. The van der Waals surface area contributed by atoms with Crippen molar-refractivity contribution < 1.29 is 52.3 Å². The summed E-state index contributed by atoms with van der Waals surface area (Å²) in [6.07, 6.45) is -2.63. The van der Waals surface area contributed by atoms with Crippen molar-refractivity contribution >= 4 is 24.4 Å². The van der Waals surface area contributed by atoms with Gasteiger partial charge in [0, 0.05) is 6.54 Å². The maximum Gasteiger partial charge on any atom is 0.513 e. The molecule has 0 saturated carbocycles. The first kappa shape index (κ1) is 33.5. The van der Waals surface area contributed by atoms with E-state index in [1.54, 1.807) is 6.07 Å². The van der Waals surface area contributed by atoms with Gasteiger partial charge in [-0.2, -0.15) is 0 Å². The van der Waals surface area contributed by atoms with Gasteiger partial charge in [-0.3, -0.25) is 4.79 Å². The van der Waals surface area contributed by atoms with Crippen LogP contribution in [0.15, 0.2) is 18.2 Å². The molecule has 1 aromatic rings. The SMILES string of the molecule is COC(=O)[C@H](Cc1ccc(OC(=O)OCC(C)C)c(OC(=O)OCC(C)C)c1)NCCOC(=O)OCC(C)C. The number of benzene rings is 1. The second-order valence-electron chi connectivity index (χ2n) is 9.93. The standard InChI is InChI=1S/C27H41NO11/c1-17(2)14-35-25(30)34-11-10-28-21(24(29)33-7)12-20-8-9-22(38-26(31)36-15-18(3)4)23(13-20)39-27(32)37-16-19(5)6/h8-9,13,17-19,21,28H,10-12,14-16H2,1-7H3/t21-/m0/s1. The molecule has 0 fully saturated rings. The monoisotopic (exact) mass is 555 g/mol. The van der Waals surface area contributed by atoms with Gasteiger partial charge in [-0.1, -0.05) is 47.6 Å². The molecule has 0 bridgehead atoms. The van der Waals surface area contributed by atoms with Crippen molar-refractivity contribution in [2.24, 2.45) is 17.8 Å². The van der Waals surface area contributed by atoms with Gasteiger partial charge in [-0.05, 0) is 41.9 Å². The topological polar surface area (TPSA) is 145 Å². The molecule has 0 aromatic heterocycles. The van der Waals surface area contributed by atoms with E-state index in [1.165, 1.54) is 19.2 Å². The van der Waals surface area contributed by atoms with Crippen molar-refractivity contribution in [2.75, 3.05) is 40.1 Å². The van der Waals surface area contributed by atoms with Crippen molar-refractivity contribution in [3.05, 3.63) is 23.8 Å². The highest BCUT2D eigenvalue weighted by Gasteiger charge is 2.22. The molecule has 0 radical (unpaired) electrons. The van der Waals surface area contributed by atoms with Crippen molar-refractivity contribution in [3.8, 4) is 11.5 Å². The van der Waals surface area contributed by atoms with Gasteiger partial charge in [0.1, 0.15) is 12.6 Å². The first-order valence-corrected chi connectivity index (χ1v) is 12.8. The van der Waals surface area contributed by atoms with Gasteiger partial charge in [-0.15, -0.1) is 0 Å². The minimum absolute atomic E-state index is 0.0360. The van der Waals surface area contributed by atoms with E-state index in [4.69, 9.17) is 33.2 Å². The highest BCUT2D eigenvalue weighted by molar-refractivity contribution is 5.76. The lowest BCUT2D eigenvalue weighted by Gasteiger charge is -2.18. The van der Waals surface area contributed by atoms with E-state index >= 15 is 0 Å². The number of esters is 1. The summed E-state index contributed by atoms with van der Waals surface area (Å²) < 4.78 is 35.4. The molecule has 1 rings (SSSR count). The Balaban J connectivity index is 2.94. The van der Waals surface area contributed by atoms with E-state index in [2.05, 4.69) is 5.32 Å². The summed E-state index contributed by atoms with van der Waals surface area (Å²) in [6, 6.07) is 3.63. The smallest absolute Gasteiger partial charge is 0.468 e. The van der Waals surface area contributed by atoms with Crippen LogP contribution in [0.4, 0.5) is 14.4 Å². The second kappa shape index (κ2) is 17.9. The van der Waals surface area contributed by atoms with E-state index in [-0.39, 0.29) is 68.6 Å². The van der Waals surface area contributed by atoms with Crippen molar-refractivity contribution in [1.82, 2.24) is 5.32 Å². The highest BCUT2D eigenvalue weighted by atomic mass is 16.7. The quantitative estimate of drug-likeness (QED) is 0.141. The van der Waals surface area contributed by atoms with Gasteiger partial charge in [0.25, 0.3) is 0 Å². The zero-order chi connectivity index (χ0) is 29.4. The zero-order valence-electron chi connectivity index (χ0n) is 23.8. The number of nitrogens with one attached hydrogen (secondary N) is 1. The Kier molecular flexibility index (Phi) is 15.3. The fraction of sp³-hybridized carbons (Fsp3) is 0.630.